The fourth-order valence-electron chi connectivity index (χ4n) is 3.21. The molecule has 1 N–H and O–H groups in total. The first-order valence-corrected chi connectivity index (χ1v) is 14.3. The molecule has 3 saturated heterocycles. The number of esters is 1. The zero-order chi connectivity index (χ0) is 22.0. The first-order chi connectivity index (χ1) is 14.3. The van der Waals surface area contributed by atoms with Gasteiger partial charge in [0.1, 0.15) is 6.29 Å². The number of fused-ring (bicyclic) bond motifs is 6. The molecule has 0 radical (unpaired) electrons. The van der Waals surface area contributed by atoms with Crippen LogP contribution in [0.15, 0.2) is 0 Å². The van der Waals surface area contributed by atoms with E-state index in [0.717, 1.165) is 24.5 Å². The van der Waals surface area contributed by atoms with Gasteiger partial charge in [0.05, 0.1) is 39.5 Å². The van der Waals surface area contributed by atoms with Crippen molar-refractivity contribution in [2.75, 3.05) is 71.7 Å². The molecule has 1 amide bonds. The van der Waals surface area contributed by atoms with Crippen LogP contribution in [-0.2, 0) is 32.1 Å². The van der Waals surface area contributed by atoms with Gasteiger partial charge in [-0.1, -0.05) is 0 Å². The van der Waals surface area contributed by atoms with Gasteiger partial charge >= 0.3 is 20.9 Å². The highest BCUT2D eigenvalue weighted by molar-refractivity contribution is 7.58. The fourth-order valence-corrected chi connectivity index (χ4v) is 8.53. The van der Waals surface area contributed by atoms with Crippen LogP contribution in [-0.4, -0.2) is 107 Å². The Morgan fingerprint density at radius 3 is 2.17 bits per heavy atom. The minimum atomic E-state index is -3.79. The van der Waals surface area contributed by atoms with Gasteiger partial charge in [0.25, 0.3) is 0 Å². The maximum atomic E-state index is 12.9. The van der Waals surface area contributed by atoms with Crippen LogP contribution in [0.3, 0.4) is 0 Å². The highest BCUT2D eigenvalue weighted by atomic mass is 31.2. The van der Waals surface area contributed by atoms with E-state index in [1.54, 1.807) is 13.8 Å². The van der Waals surface area contributed by atoms with Crippen molar-refractivity contribution >= 4 is 28.2 Å². The molecule has 13 heteroatoms. The van der Waals surface area contributed by atoms with Gasteiger partial charge in [-0.25, -0.2) is 4.79 Å². The Kier molecular flexibility index (Phi) is 10.2. The predicted molar refractivity (Wildman–Crippen MR) is 109 cm³/mol. The number of rotatable bonds is 10. The van der Waals surface area contributed by atoms with Gasteiger partial charge in [-0.15, -0.1) is 0 Å². The Morgan fingerprint density at radius 1 is 1.07 bits per heavy atom. The Morgan fingerprint density at radius 2 is 1.63 bits per heavy atom. The summed E-state index contributed by atoms with van der Waals surface area (Å²) >= 11 is 0. The van der Waals surface area contributed by atoms with Gasteiger partial charge in [-0.05, 0) is 13.8 Å². The number of nitrogens with zero attached hydrogens (tertiary/aromatic N) is 2. The highest BCUT2D eigenvalue weighted by Gasteiger charge is 2.45. The van der Waals surface area contributed by atoms with E-state index < -0.39 is 34.5 Å². The summed E-state index contributed by atoms with van der Waals surface area (Å²) in [6.45, 7) is 7.30. The number of carbonyl (C=O) groups excluding carboxylic acids is 2. The quantitative estimate of drug-likeness (QED) is 0.281. The summed E-state index contributed by atoms with van der Waals surface area (Å²) in [7, 11) is -6.83. The third-order valence-corrected chi connectivity index (χ3v) is 9.69. The van der Waals surface area contributed by atoms with E-state index in [0.29, 0.717) is 19.8 Å². The van der Waals surface area contributed by atoms with Crippen molar-refractivity contribution in [1.29, 1.82) is 0 Å². The van der Waals surface area contributed by atoms with Gasteiger partial charge in [-0.2, -0.15) is 0 Å². The highest BCUT2D eigenvalue weighted by Crippen LogP contribution is 2.44. The molecule has 3 rings (SSSR count). The van der Waals surface area contributed by atoms with Crippen LogP contribution in [0.1, 0.15) is 20.3 Å². The summed E-state index contributed by atoms with van der Waals surface area (Å²) in [4.78, 5) is 37.7. The molecule has 0 saturated carbocycles. The molecule has 0 aromatic rings. The molecule has 30 heavy (non-hydrogen) atoms. The largest absolute Gasteiger partial charge is 0.501 e. The predicted octanol–water partition coefficient (Wildman–Crippen LogP) is 0.944. The summed E-state index contributed by atoms with van der Waals surface area (Å²) in [5, 5.41) is 0. The third-order valence-electron chi connectivity index (χ3n) is 4.76. The number of carbonyl (C=O) groups is 2. The SMILES string of the molecule is CCOC(=O)CCN(CP(=O)(O)CC[Si]12OCCN(CCO1)CCO2)C(=O)OCC. The second-order valence-corrected chi connectivity index (χ2v) is 12.2. The van der Waals surface area contributed by atoms with Crippen molar-refractivity contribution in [3.63, 3.8) is 0 Å². The molecule has 2 bridgehead atoms. The molecule has 1 unspecified atom stereocenters. The van der Waals surface area contributed by atoms with Crippen LogP contribution in [0.4, 0.5) is 4.79 Å². The van der Waals surface area contributed by atoms with E-state index >= 15 is 0 Å². The standard InChI is InChI=1S/C17H33N2O9PSi/c1-3-24-16(20)5-6-19(17(21)25-4-2)15-29(22,23)13-14-30-26-10-7-18(8-11-27-30)9-12-28-30/h3-15H2,1-2H3,(H,22,23). The van der Waals surface area contributed by atoms with E-state index in [1.165, 1.54) is 0 Å². The summed E-state index contributed by atoms with van der Waals surface area (Å²) < 4.78 is 40.4. The van der Waals surface area contributed by atoms with Crippen molar-refractivity contribution in [1.82, 2.24) is 9.80 Å². The molecular formula is C17H33N2O9PSi. The number of hydrogen-bond acceptors (Lipinski definition) is 9. The van der Waals surface area contributed by atoms with Crippen molar-refractivity contribution in [2.24, 2.45) is 0 Å². The zero-order valence-corrected chi connectivity index (χ0v) is 19.6. The molecule has 0 aromatic carbocycles. The number of hydrogen-bond donors (Lipinski definition) is 1. The lowest BCUT2D eigenvalue weighted by Gasteiger charge is -2.38. The van der Waals surface area contributed by atoms with Crippen molar-refractivity contribution in [3.05, 3.63) is 0 Å². The van der Waals surface area contributed by atoms with Crippen LogP contribution in [0.25, 0.3) is 0 Å². The molecule has 3 aliphatic heterocycles. The minimum absolute atomic E-state index is 0.0654. The van der Waals surface area contributed by atoms with Crippen molar-refractivity contribution in [3.8, 4) is 0 Å². The maximum absolute atomic E-state index is 12.9. The summed E-state index contributed by atoms with van der Waals surface area (Å²) in [6.07, 6.45) is -1.37. The molecule has 0 spiro atoms. The van der Waals surface area contributed by atoms with Gasteiger partial charge < -0.3 is 27.6 Å². The topological polar surface area (TPSA) is 124 Å². The second kappa shape index (κ2) is 12.1. The lowest BCUT2D eigenvalue weighted by Crippen LogP contribution is -2.55. The normalized spacial score (nSPS) is 26.0. The van der Waals surface area contributed by atoms with E-state index in [2.05, 4.69) is 4.90 Å². The van der Waals surface area contributed by atoms with E-state index in [-0.39, 0.29) is 38.4 Å². The van der Waals surface area contributed by atoms with Gasteiger partial charge in [-0.3, -0.25) is 19.2 Å². The average Bonchev–Trinajstić information content (AvgIpc) is 2.64. The third kappa shape index (κ3) is 8.25. The first kappa shape index (κ1) is 25.2. The Hall–Kier alpha value is -1.01. The Balaban J connectivity index is 1.97. The Labute approximate surface area is 178 Å². The molecular weight excluding hydrogens is 435 g/mol. The molecule has 0 aliphatic carbocycles. The Bertz CT molecular complexity index is 598. The van der Waals surface area contributed by atoms with Crippen molar-refractivity contribution < 1.29 is 41.8 Å². The summed E-state index contributed by atoms with van der Waals surface area (Å²) in [5.41, 5.74) is 0. The van der Waals surface area contributed by atoms with E-state index in [4.69, 9.17) is 22.8 Å². The van der Waals surface area contributed by atoms with Gasteiger partial charge in [0, 0.05) is 38.4 Å². The lowest BCUT2D eigenvalue weighted by molar-refractivity contribution is -0.143. The maximum Gasteiger partial charge on any atom is 0.501 e. The van der Waals surface area contributed by atoms with Crippen LogP contribution in [0, 0.1) is 0 Å². The summed E-state index contributed by atoms with van der Waals surface area (Å²) in [5.74, 6) is -0.487. The summed E-state index contributed by atoms with van der Waals surface area (Å²) in [6, 6.07) is 0.190. The first-order valence-electron chi connectivity index (χ1n) is 10.3. The molecule has 3 heterocycles. The van der Waals surface area contributed by atoms with Crippen LogP contribution in [0.2, 0.25) is 6.04 Å². The molecule has 3 aliphatic rings. The monoisotopic (exact) mass is 468 g/mol. The molecule has 0 aromatic heterocycles. The van der Waals surface area contributed by atoms with Gasteiger partial charge in [0.15, 0.2) is 0 Å². The van der Waals surface area contributed by atoms with Crippen molar-refractivity contribution in [2.45, 2.75) is 26.3 Å². The fraction of sp³-hybridized carbons (Fsp3) is 0.882. The number of ether oxygens (including phenoxy) is 2. The average molecular weight is 469 g/mol. The molecule has 1 atom stereocenters. The smallest absolute Gasteiger partial charge is 0.466 e. The minimum Gasteiger partial charge on any atom is -0.466 e. The van der Waals surface area contributed by atoms with E-state index in [1.807, 2.05) is 0 Å². The lowest BCUT2D eigenvalue weighted by atomic mass is 10.4. The zero-order valence-electron chi connectivity index (χ0n) is 17.7. The van der Waals surface area contributed by atoms with Gasteiger partial charge in [0.2, 0.25) is 7.37 Å². The molecule has 174 valence electrons. The molecule has 11 nitrogen and oxygen atoms in total. The second-order valence-electron chi connectivity index (χ2n) is 7.05. The van der Waals surface area contributed by atoms with Crippen LogP contribution >= 0.6 is 7.37 Å². The van der Waals surface area contributed by atoms with Crippen LogP contribution in [0.5, 0.6) is 0 Å². The van der Waals surface area contributed by atoms with Crippen LogP contribution < -0.4 is 0 Å². The van der Waals surface area contributed by atoms with E-state index in [9.17, 15) is 19.0 Å². The number of amides is 1. The molecule has 3 fully saturated rings.